The summed E-state index contributed by atoms with van der Waals surface area (Å²) in [6, 6.07) is 0. The molecule has 0 aromatic rings. The molecule has 1 aliphatic carbocycles. The van der Waals surface area contributed by atoms with E-state index >= 15 is 0 Å². The molecule has 0 radical (unpaired) electrons. The van der Waals surface area contributed by atoms with E-state index < -0.39 is 0 Å². The number of aliphatic hydroxyl groups excluding tert-OH is 1. The summed E-state index contributed by atoms with van der Waals surface area (Å²) in [6.07, 6.45) is 4.12. The zero-order valence-corrected chi connectivity index (χ0v) is 9.09. The van der Waals surface area contributed by atoms with Crippen LogP contribution < -0.4 is 5.32 Å². The maximum Gasteiger partial charge on any atom is 0.221 e. The first-order chi connectivity index (χ1) is 6.72. The van der Waals surface area contributed by atoms with Crippen LogP contribution in [0.15, 0.2) is 0 Å². The Hall–Kier alpha value is -0.280. The number of aliphatic hydroxyl groups is 1. The second-order valence-electron chi connectivity index (χ2n) is 3.93. The summed E-state index contributed by atoms with van der Waals surface area (Å²) in [5.41, 5.74) is 0. The Kier molecular flexibility index (Phi) is 5.26. The predicted molar refractivity (Wildman–Crippen MR) is 56.3 cm³/mol. The molecule has 0 aromatic heterocycles. The average Bonchev–Trinajstić information content (AvgIpc) is 2.15. The molecule has 0 spiro atoms. The molecular weight excluding hydrogens is 202 g/mol. The average molecular weight is 220 g/mol. The van der Waals surface area contributed by atoms with Gasteiger partial charge in [-0.1, -0.05) is 6.42 Å². The molecule has 0 bridgehead atoms. The van der Waals surface area contributed by atoms with Crippen molar-refractivity contribution in [2.75, 3.05) is 12.4 Å². The Bertz CT molecular complexity index is 187. The monoisotopic (exact) mass is 219 g/mol. The third kappa shape index (κ3) is 4.29. The van der Waals surface area contributed by atoms with E-state index in [4.69, 9.17) is 11.6 Å². The number of carbonyl (C=O) groups excluding carboxylic acids is 1. The number of hydrogen-bond acceptors (Lipinski definition) is 2. The Morgan fingerprint density at radius 1 is 1.50 bits per heavy atom. The van der Waals surface area contributed by atoms with Crippen molar-refractivity contribution < 1.29 is 9.90 Å². The summed E-state index contributed by atoms with van der Waals surface area (Å²) in [7, 11) is 0. The Balaban J connectivity index is 2.14. The van der Waals surface area contributed by atoms with Gasteiger partial charge in [-0.3, -0.25) is 4.79 Å². The van der Waals surface area contributed by atoms with Gasteiger partial charge in [0.05, 0.1) is 6.10 Å². The second-order valence-corrected chi connectivity index (χ2v) is 4.31. The molecule has 14 heavy (non-hydrogen) atoms. The lowest BCUT2D eigenvalue weighted by Crippen LogP contribution is -2.32. The van der Waals surface area contributed by atoms with E-state index in [1.54, 1.807) is 0 Å². The van der Waals surface area contributed by atoms with E-state index in [1.165, 1.54) is 0 Å². The van der Waals surface area contributed by atoms with Gasteiger partial charge in [-0.15, -0.1) is 11.6 Å². The number of amides is 1. The molecular formula is C10H18ClNO2. The van der Waals surface area contributed by atoms with Crippen LogP contribution in [0.1, 0.15) is 32.1 Å². The Labute approximate surface area is 89.8 Å². The molecule has 2 N–H and O–H groups in total. The van der Waals surface area contributed by atoms with Crippen molar-refractivity contribution in [3.05, 3.63) is 0 Å². The number of nitrogens with one attached hydrogen (secondary N) is 1. The van der Waals surface area contributed by atoms with Crippen molar-refractivity contribution >= 4 is 17.5 Å². The SMILES string of the molecule is O=C(CCCl)NCC1CCCC(O)C1. The summed E-state index contributed by atoms with van der Waals surface area (Å²) in [5.74, 6) is 0.831. The summed E-state index contributed by atoms with van der Waals surface area (Å²) < 4.78 is 0. The summed E-state index contributed by atoms with van der Waals surface area (Å²) in [5, 5.41) is 12.3. The summed E-state index contributed by atoms with van der Waals surface area (Å²) >= 11 is 5.44. The van der Waals surface area contributed by atoms with Gasteiger partial charge >= 0.3 is 0 Å². The first kappa shape index (κ1) is 11.8. The molecule has 0 aromatic carbocycles. The van der Waals surface area contributed by atoms with Gasteiger partial charge in [0.2, 0.25) is 5.91 Å². The van der Waals surface area contributed by atoms with Gasteiger partial charge in [0, 0.05) is 18.8 Å². The van der Waals surface area contributed by atoms with Gasteiger partial charge in [0.1, 0.15) is 0 Å². The van der Waals surface area contributed by atoms with Crippen LogP contribution in [0.5, 0.6) is 0 Å². The normalized spacial score (nSPS) is 27.3. The van der Waals surface area contributed by atoms with Gasteiger partial charge in [-0.25, -0.2) is 0 Å². The van der Waals surface area contributed by atoms with Crippen LogP contribution in [0.4, 0.5) is 0 Å². The highest BCUT2D eigenvalue weighted by molar-refractivity contribution is 6.18. The van der Waals surface area contributed by atoms with E-state index in [2.05, 4.69) is 5.32 Å². The van der Waals surface area contributed by atoms with Crippen LogP contribution in [-0.4, -0.2) is 29.5 Å². The van der Waals surface area contributed by atoms with Gasteiger partial charge in [0.25, 0.3) is 0 Å². The largest absolute Gasteiger partial charge is 0.393 e. The zero-order chi connectivity index (χ0) is 10.4. The predicted octanol–water partition coefficient (Wildman–Crippen LogP) is 1.28. The highest BCUT2D eigenvalue weighted by Gasteiger charge is 2.20. The fraction of sp³-hybridized carbons (Fsp3) is 0.900. The minimum atomic E-state index is -0.168. The molecule has 4 heteroatoms. The first-order valence-electron chi connectivity index (χ1n) is 5.23. The van der Waals surface area contributed by atoms with Crippen LogP contribution in [-0.2, 0) is 4.79 Å². The minimum Gasteiger partial charge on any atom is -0.393 e. The van der Waals surface area contributed by atoms with Crippen molar-refractivity contribution in [2.45, 2.75) is 38.2 Å². The maximum absolute atomic E-state index is 11.1. The fourth-order valence-electron chi connectivity index (χ4n) is 1.88. The quantitative estimate of drug-likeness (QED) is 0.700. The Morgan fingerprint density at radius 2 is 2.29 bits per heavy atom. The van der Waals surface area contributed by atoms with Crippen molar-refractivity contribution in [2.24, 2.45) is 5.92 Å². The smallest absolute Gasteiger partial charge is 0.221 e. The van der Waals surface area contributed by atoms with Gasteiger partial charge in [-0.05, 0) is 25.2 Å². The first-order valence-corrected chi connectivity index (χ1v) is 5.76. The van der Waals surface area contributed by atoms with Gasteiger partial charge in [0.15, 0.2) is 0 Å². The van der Waals surface area contributed by atoms with Crippen LogP contribution in [0.2, 0.25) is 0 Å². The Morgan fingerprint density at radius 3 is 2.93 bits per heavy atom. The van der Waals surface area contributed by atoms with Crippen molar-refractivity contribution in [3.63, 3.8) is 0 Å². The zero-order valence-electron chi connectivity index (χ0n) is 8.34. The molecule has 2 atom stereocenters. The number of halogens is 1. The number of carbonyl (C=O) groups is 1. The number of hydrogen-bond donors (Lipinski definition) is 2. The molecule has 1 fully saturated rings. The molecule has 1 saturated carbocycles. The molecule has 0 heterocycles. The molecule has 1 amide bonds. The fourth-order valence-corrected chi connectivity index (χ4v) is 2.05. The van der Waals surface area contributed by atoms with E-state index in [0.717, 1.165) is 25.7 Å². The van der Waals surface area contributed by atoms with E-state index in [1.807, 2.05) is 0 Å². The molecule has 82 valence electrons. The van der Waals surface area contributed by atoms with Gasteiger partial charge in [-0.2, -0.15) is 0 Å². The third-order valence-corrected chi connectivity index (χ3v) is 2.85. The molecule has 1 rings (SSSR count). The van der Waals surface area contributed by atoms with Crippen LogP contribution in [0, 0.1) is 5.92 Å². The summed E-state index contributed by atoms with van der Waals surface area (Å²) in [6.45, 7) is 0.687. The molecule has 0 aliphatic heterocycles. The molecule has 2 unspecified atom stereocenters. The summed E-state index contributed by atoms with van der Waals surface area (Å²) in [4.78, 5) is 11.1. The second kappa shape index (κ2) is 6.25. The number of alkyl halides is 1. The molecule has 3 nitrogen and oxygen atoms in total. The lowest BCUT2D eigenvalue weighted by Gasteiger charge is -2.25. The van der Waals surface area contributed by atoms with Crippen LogP contribution in [0.25, 0.3) is 0 Å². The van der Waals surface area contributed by atoms with Crippen molar-refractivity contribution in [3.8, 4) is 0 Å². The topological polar surface area (TPSA) is 49.3 Å². The van der Waals surface area contributed by atoms with E-state index in [9.17, 15) is 9.90 Å². The van der Waals surface area contributed by atoms with Crippen LogP contribution in [0.3, 0.4) is 0 Å². The molecule has 1 aliphatic rings. The van der Waals surface area contributed by atoms with Crippen molar-refractivity contribution in [1.29, 1.82) is 0 Å². The number of rotatable bonds is 4. The molecule has 0 saturated heterocycles. The highest BCUT2D eigenvalue weighted by Crippen LogP contribution is 2.23. The lowest BCUT2D eigenvalue weighted by atomic mass is 9.87. The van der Waals surface area contributed by atoms with E-state index in [-0.39, 0.29) is 12.0 Å². The van der Waals surface area contributed by atoms with E-state index in [0.29, 0.717) is 24.8 Å². The highest BCUT2D eigenvalue weighted by atomic mass is 35.5. The maximum atomic E-state index is 11.1. The third-order valence-electron chi connectivity index (χ3n) is 2.66. The lowest BCUT2D eigenvalue weighted by molar-refractivity contribution is -0.121. The van der Waals surface area contributed by atoms with Gasteiger partial charge < -0.3 is 10.4 Å². The standard InChI is InChI=1S/C10H18ClNO2/c11-5-4-10(14)12-7-8-2-1-3-9(13)6-8/h8-9,13H,1-7H2,(H,12,14). The minimum absolute atomic E-state index is 0.0139. The van der Waals surface area contributed by atoms with Crippen LogP contribution >= 0.6 is 11.6 Å². The van der Waals surface area contributed by atoms with Crippen molar-refractivity contribution in [1.82, 2.24) is 5.32 Å².